The van der Waals surface area contributed by atoms with Crippen molar-refractivity contribution in [2.45, 2.75) is 39.5 Å². The summed E-state index contributed by atoms with van der Waals surface area (Å²) < 4.78 is 0. The van der Waals surface area contributed by atoms with Crippen molar-refractivity contribution in [1.82, 2.24) is 0 Å². The molecule has 0 N–H and O–H groups in total. The van der Waals surface area contributed by atoms with Crippen molar-refractivity contribution in [3.8, 4) is 0 Å². The van der Waals surface area contributed by atoms with Gasteiger partial charge in [-0.3, -0.25) is 9.59 Å². The van der Waals surface area contributed by atoms with E-state index in [1.807, 2.05) is 103 Å². The fourth-order valence-electron chi connectivity index (χ4n) is 6.07. The Hall–Kier alpha value is -5.54. The van der Waals surface area contributed by atoms with Gasteiger partial charge in [-0.05, 0) is 56.3 Å². The van der Waals surface area contributed by atoms with Gasteiger partial charge in [0.1, 0.15) is 0 Å². The highest BCUT2D eigenvalue weighted by Crippen LogP contribution is 2.43. The molecule has 2 amide bonds. The Labute approximate surface area is 278 Å². The van der Waals surface area contributed by atoms with Gasteiger partial charge in [-0.25, -0.2) is 4.90 Å². The van der Waals surface area contributed by atoms with E-state index in [1.165, 1.54) is 4.90 Å². The molecule has 5 aromatic rings. The van der Waals surface area contributed by atoms with E-state index >= 15 is 0 Å². The molecule has 0 bridgehead atoms. The summed E-state index contributed by atoms with van der Waals surface area (Å²) in [6.07, 6.45) is 8.24. The van der Waals surface area contributed by atoms with Crippen LogP contribution in [0.15, 0.2) is 127 Å². The molecule has 1 aliphatic heterocycles. The highest BCUT2D eigenvalue weighted by molar-refractivity contribution is 6.57. The Bertz CT molecular complexity index is 1840. The maximum Gasteiger partial charge on any atom is 0.266 e. The zero-order chi connectivity index (χ0) is 32.9. The van der Waals surface area contributed by atoms with Gasteiger partial charge in [-0.15, -0.1) is 0 Å². The summed E-state index contributed by atoms with van der Waals surface area (Å²) in [6.45, 7) is 8.42. The molecule has 1 aliphatic rings. The van der Waals surface area contributed by atoms with E-state index < -0.39 is 0 Å². The molecular formula is C44H39NO2. The van der Waals surface area contributed by atoms with Gasteiger partial charge in [0.15, 0.2) is 0 Å². The second-order valence-corrected chi connectivity index (χ2v) is 12.5. The smallest absolute Gasteiger partial charge is 0.266 e. The minimum absolute atomic E-state index is 0.128. The summed E-state index contributed by atoms with van der Waals surface area (Å²) in [5.74, 6) is -0.326. The number of para-hydroxylation sites is 1. The minimum Gasteiger partial charge on any atom is -0.268 e. The van der Waals surface area contributed by atoms with Gasteiger partial charge in [0.25, 0.3) is 11.8 Å². The topological polar surface area (TPSA) is 37.4 Å². The average molecular weight is 614 g/mol. The molecule has 5 aromatic carbocycles. The Morgan fingerprint density at radius 3 is 1.11 bits per heavy atom. The van der Waals surface area contributed by atoms with Crippen LogP contribution in [0.25, 0.3) is 35.5 Å². The van der Waals surface area contributed by atoms with Crippen LogP contribution in [0.2, 0.25) is 0 Å². The largest absolute Gasteiger partial charge is 0.268 e. The molecule has 47 heavy (non-hydrogen) atoms. The predicted octanol–water partition coefficient (Wildman–Crippen LogP) is 10.8. The second kappa shape index (κ2) is 13.8. The molecule has 0 aromatic heterocycles. The molecule has 232 valence electrons. The second-order valence-electron chi connectivity index (χ2n) is 12.5. The first-order valence-electron chi connectivity index (χ1n) is 16.2. The van der Waals surface area contributed by atoms with Crippen molar-refractivity contribution in [1.29, 1.82) is 0 Å². The molecule has 0 spiro atoms. The molecule has 0 aliphatic carbocycles. The Morgan fingerprint density at radius 2 is 0.766 bits per heavy atom. The number of nitrogens with zero attached hydrogens (tertiary/aromatic N) is 1. The highest BCUT2D eigenvalue weighted by atomic mass is 16.2. The molecule has 0 saturated carbocycles. The van der Waals surface area contributed by atoms with Crippen LogP contribution in [0.3, 0.4) is 0 Å². The van der Waals surface area contributed by atoms with Gasteiger partial charge in [-0.2, -0.15) is 0 Å². The van der Waals surface area contributed by atoms with Crippen molar-refractivity contribution < 1.29 is 9.59 Å². The maximum absolute atomic E-state index is 14.6. The number of imide groups is 1. The predicted molar refractivity (Wildman–Crippen MR) is 198 cm³/mol. The zero-order valence-corrected chi connectivity index (χ0v) is 27.4. The van der Waals surface area contributed by atoms with E-state index in [0.29, 0.717) is 16.8 Å². The summed E-state index contributed by atoms with van der Waals surface area (Å²) >= 11 is 0. The van der Waals surface area contributed by atoms with Crippen molar-refractivity contribution in [2.75, 3.05) is 4.90 Å². The van der Waals surface area contributed by atoms with Gasteiger partial charge in [0.2, 0.25) is 0 Å². The standard InChI is InChI=1S/C44H39NO2/c1-30(2)38-16-11-17-39(31(3)4)42(38)45-43(46)40(36-26-22-34(23-27-36)20-18-32-12-7-5-8-13-32)41(44(45)47)37-28-24-35(25-29-37)21-19-33-14-9-6-10-15-33/h5-31H,1-4H3/b20-18+,21-19+. The van der Waals surface area contributed by atoms with E-state index in [9.17, 15) is 9.59 Å². The van der Waals surface area contributed by atoms with Gasteiger partial charge in [-0.1, -0.05) is 179 Å². The van der Waals surface area contributed by atoms with E-state index in [4.69, 9.17) is 0 Å². The van der Waals surface area contributed by atoms with Crippen LogP contribution in [0, 0.1) is 0 Å². The van der Waals surface area contributed by atoms with Crippen molar-refractivity contribution in [3.63, 3.8) is 0 Å². The van der Waals surface area contributed by atoms with Crippen molar-refractivity contribution in [2.24, 2.45) is 0 Å². The van der Waals surface area contributed by atoms with Crippen LogP contribution >= 0.6 is 0 Å². The molecule has 0 atom stereocenters. The molecule has 3 heteroatoms. The molecule has 0 radical (unpaired) electrons. The van der Waals surface area contributed by atoms with Crippen LogP contribution in [0.4, 0.5) is 5.69 Å². The maximum atomic E-state index is 14.6. The molecule has 3 nitrogen and oxygen atoms in total. The molecular weight excluding hydrogens is 574 g/mol. The van der Waals surface area contributed by atoms with E-state index in [0.717, 1.165) is 44.5 Å². The van der Waals surface area contributed by atoms with Gasteiger partial charge in [0.05, 0.1) is 16.8 Å². The lowest BCUT2D eigenvalue weighted by Gasteiger charge is -2.26. The SMILES string of the molecule is CC(C)c1cccc(C(C)C)c1N1C(=O)C(c2ccc(/C=C/c3ccccc3)cc2)=C(c2ccc(/C=C/c3ccccc3)cc2)C1=O. The van der Waals surface area contributed by atoms with Crippen LogP contribution in [0.1, 0.15) is 84.0 Å². The summed E-state index contributed by atoms with van der Waals surface area (Å²) in [4.78, 5) is 30.6. The van der Waals surface area contributed by atoms with Gasteiger partial charge in [0, 0.05) is 0 Å². The molecule has 1 heterocycles. The van der Waals surface area contributed by atoms with Gasteiger partial charge < -0.3 is 0 Å². The minimum atomic E-state index is -0.291. The lowest BCUT2D eigenvalue weighted by molar-refractivity contribution is -0.119. The first kappa shape index (κ1) is 31.4. The fraction of sp³-hybridized carbons (Fsp3) is 0.136. The third-order valence-corrected chi connectivity index (χ3v) is 8.58. The first-order chi connectivity index (χ1) is 22.8. The summed E-state index contributed by atoms with van der Waals surface area (Å²) in [5, 5.41) is 0. The number of amides is 2. The van der Waals surface area contributed by atoms with Gasteiger partial charge >= 0.3 is 0 Å². The summed E-state index contributed by atoms with van der Waals surface area (Å²) in [7, 11) is 0. The Kier molecular flexibility index (Phi) is 9.26. The third kappa shape index (κ3) is 6.71. The molecule has 0 saturated heterocycles. The third-order valence-electron chi connectivity index (χ3n) is 8.58. The monoisotopic (exact) mass is 613 g/mol. The Morgan fingerprint density at radius 1 is 0.426 bits per heavy atom. The number of hydrogen-bond donors (Lipinski definition) is 0. The Balaban J connectivity index is 1.43. The van der Waals surface area contributed by atoms with Crippen molar-refractivity contribution in [3.05, 3.63) is 172 Å². The number of carbonyl (C=O) groups excluding carboxylic acids is 2. The number of hydrogen-bond acceptors (Lipinski definition) is 2. The lowest BCUT2D eigenvalue weighted by Crippen LogP contribution is -2.33. The van der Waals surface area contributed by atoms with Crippen LogP contribution in [-0.2, 0) is 9.59 Å². The van der Waals surface area contributed by atoms with E-state index in [1.54, 1.807) is 0 Å². The summed E-state index contributed by atoms with van der Waals surface area (Å²) in [5.41, 5.74) is 9.22. The van der Waals surface area contributed by atoms with Crippen LogP contribution in [0.5, 0.6) is 0 Å². The number of benzene rings is 5. The quantitative estimate of drug-likeness (QED) is 0.123. The average Bonchev–Trinajstić information content (AvgIpc) is 3.36. The fourth-order valence-corrected chi connectivity index (χ4v) is 6.07. The summed E-state index contributed by atoms with van der Waals surface area (Å²) in [6, 6.07) is 42.2. The zero-order valence-electron chi connectivity index (χ0n) is 27.4. The van der Waals surface area contributed by atoms with E-state index in [-0.39, 0.29) is 23.7 Å². The van der Waals surface area contributed by atoms with Crippen LogP contribution < -0.4 is 4.90 Å². The first-order valence-corrected chi connectivity index (χ1v) is 16.2. The van der Waals surface area contributed by atoms with Crippen LogP contribution in [-0.4, -0.2) is 11.8 Å². The molecule has 0 fully saturated rings. The number of carbonyl (C=O) groups is 2. The molecule has 6 rings (SSSR count). The highest BCUT2D eigenvalue weighted by Gasteiger charge is 2.42. The number of rotatable bonds is 9. The normalized spacial score (nSPS) is 13.7. The van der Waals surface area contributed by atoms with E-state index in [2.05, 4.69) is 76.3 Å². The molecule has 0 unspecified atom stereocenters. The van der Waals surface area contributed by atoms with Crippen molar-refractivity contribution >= 4 is 53.0 Å². The number of anilines is 1. The lowest BCUT2D eigenvalue weighted by atomic mass is 9.91.